The molecule has 0 fully saturated rings. The van der Waals surface area contributed by atoms with Gasteiger partial charge in [-0.05, 0) is 36.3 Å². The van der Waals surface area contributed by atoms with E-state index < -0.39 is 0 Å². The van der Waals surface area contributed by atoms with Crippen LogP contribution in [0.5, 0.6) is 0 Å². The first kappa shape index (κ1) is 11.7. The molecule has 5 heteroatoms. The minimum Gasteiger partial charge on any atom is -0.304 e. The van der Waals surface area contributed by atoms with Gasteiger partial charge < -0.3 is 5.32 Å². The summed E-state index contributed by atoms with van der Waals surface area (Å²) in [4.78, 5) is 5.82. The Labute approximate surface area is 114 Å². The highest BCUT2D eigenvalue weighted by molar-refractivity contribution is 7.15. The fraction of sp³-hybridized carbons (Fsp3) is 0.417. The van der Waals surface area contributed by atoms with Gasteiger partial charge in [0.05, 0.1) is 6.20 Å². The minimum absolute atomic E-state index is 0.493. The van der Waals surface area contributed by atoms with E-state index in [-0.39, 0.29) is 0 Å². The van der Waals surface area contributed by atoms with E-state index in [4.69, 9.17) is 11.6 Å². The van der Waals surface area contributed by atoms with E-state index in [0.717, 1.165) is 15.9 Å². The van der Waals surface area contributed by atoms with Gasteiger partial charge in [0.25, 0.3) is 0 Å². The third-order valence-electron chi connectivity index (χ3n) is 3.08. The first-order valence-corrected chi connectivity index (χ1v) is 7.80. The van der Waals surface area contributed by atoms with E-state index in [1.165, 1.54) is 24.8 Å². The average Bonchev–Trinajstić information content (AvgIpc) is 2.94. The Morgan fingerprint density at radius 1 is 1.53 bits per heavy atom. The van der Waals surface area contributed by atoms with Crippen molar-refractivity contribution in [2.24, 2.45) is 0 Å². The molecule has 1 atom stereocenters. The van der Waals surface area contributed by atoms with Crippen LogP contribution in [0.2, 0.25) is 4.34 Å². The van der Waals surface area contributed by atoms with Gasteiger partial charge in [-0.3, -0.25) is 0 Å². The predicted molar refractivity (Wildman–Crippen MR) is 74.0 cm³/mol. The summed E-state index contributed by atoms with van der Waals surface area (Å²) in [6.45, 7) is 0.817. The number of aryl methyl sites for hydroxylation is 1. The second-order valence-electron chi connectivity index (χ2n) is 4.18. The van der Waals surface area contributed by atoms with Gasteiger partial charge in [-0.1, -0.05) is 11.6 Å². The van der Waals surface area contributed by atoms with Crippen molar-refractivity contribution in [1.29, 1.82) is 0 Å². The van der Waals surface area contributed by atoms with Gasteiger partial charge in [0.15, 0.2) is 0 Å². The van der Waals surface area contributed by atoms with E-state index >= 15 is 0 Å². The normalized spacial score (nSPS) is 19.2. The summed E-state index contributed by atoms with van der Waals surface area (Å²) in [7, 11) is 0. The molecule has 0 bridgehead atoms. The number of thiazole rings is 1. The molecule has 17 heavy (non-hydrogen) atoms. The Hall–Kier alpha value is -0.420. The molecule has 2 aromatic heterocycles. The van der Waals surface area contributed by atoms with Gasteiger partial charge in [0.1, 0.15) is 9.34 Å². The highest BCUT2D eigenvalue weighted by Gasteiger charge is 2.20. The van der Waals surface area contributed by atoms with Crippen LogP contribution in [0.3, 0.4) is 0 Å². The molecule has 1 aliphatic rings. The molecule has 3 rings (SSSR count). The molecular weight excluding hydrogens is 272 g/mol. The molecule has 0 saturated carbocycles. The Morgan fingerprint density at radius 2 is 2.47 bits per heavy atom. The summed E-state index contributed by atoms with van der Waals surface area (Å²) in [6, 6.07) is 2.75. The van der Waals surface area contributed by atoms with Gasteiger partial charge in [-0.15, -0.1) is 22.7 Å². The van der Waals surface area contributed by atoms with Crippen molar-refractivity contribution in [3.8, 4) is 0 Å². The smallest absolute Gasteiger partial charge is 0.113 e. The summed E-state index contributed by atoms with van der Waals surface area (Å²) < 4.78 is 0.765. The van der Waals surface area contributed by atoms with E-state index in [9.17, 15) is 0 Å². The largest absolute Gasteiger partial charge is 0.304 e. The first-order valence-electron chi connectivity index (χ1n) is 5.73. The van der Waals surface area contributed by atoms with Gasteiger partial charge in [-0.25, -0.2) is 4.98 Å². The van der Waals surface area contributed by atoms with Crippen molar-refractivity contribution in [3.05, 3.63) is 37.4 Å². The lowest BCUT2D eigenvalue weighted by molar-refractivity contribution is 0.462. The standard InChI is InChI=1S/C12H13ClN2S2/c13-11-6-15-12(17-11)7-14-9-2-1-3-10-8(9)4-5-16-10/h4-6,9,14H,1-3,7H2. The molecular formula is C12H13ClN2S2. The number of thiophene rings is 1. The van der Waals surface area contributed by atoms with Gasteiger partial charge in [0, 0.05) is 17.5 Å². The summed E-state index contributed by atoms with van der Waals surface area (Å²) in [5.41, 5.74) is 1.49. The first-order chi connectivity index (χ1) is 8.33. The third kappa shape index (κ3) is 2.55. The molecule has 0 amide bonds. The van der Waals surface area contributed by atoms with Crippen LogP contribution in [-0.4, -0.2) is 4.98 Å². The number of rotatable bonds is 3. The van der Waals surface area contributed by atoms with E-state index in [2.05, 4.69) is 21.7 Å². The monoisotopic (exact) mass is 284 g/mol. The number of fused-ring (bicyclic) bond motifs is 1. The maximum atomic E-state index is 5.88. The van der Waals surface area contributed by atoms with E-state index in [0.29, 0.717) is 6.04 Å². The summed E-state index contributed by atoms with van der Waals surface area (Å²) in [5.74, 6) is 0. The van der Waals surface area contributed by atoms with Crippen LogP contribution in [0.4, 0.5) is 0 Å². The quantitative estimate of drug-likeness (QED) is 0.921. The van der Waals surface area contributed by atoms with E-state index in [1.54, 1.807) is 22.4 Å². The number of hydrogen-bond acceptors (Lipinski definition) is 4. The van der Waals surface area contributed by atoms with Crippen molar-refractivity contribution in [2.75, 3.05) is 0 Å². The van der Waals surface area contributed by atoms with Crippen molar-refractivity contribution in [3.63, 3.8) is 0 Å². The van der Waals surface area contributed by atoms with Gasteiger partial charge in [-0.2, -0.15) is 0 Å². The van der Waals surface area contributed by atoms with Crippen molar-refractivity contribution >= 4 is 34.3 Å². The zero-order valence-corrected chi connectivity index (χ0v) is 11.7. The molecule has 1 aliphatic carbocycles. The van der Waals surface area contributed by atoms with Crippen LogP contribution in [-0.2, 0) is 13.0 Å². The molecule has 2 heterocycles. The van der Waals surface area contributed by atoms with Crippen molar-refractivity contribution < 1.29 is 0 Å². The molecule has 90 valence electrons. The fourth-order valence-electron chi connectivity index (χ4n) is 2.28. The summed E-state index contributed by atoms with van der Waals surface area (Å²) in [6.07, 6.45) is 5.47. The maximum Gasteiger partial charge on any atom is 0.113 e. The second-order valence-corrected chi connectivity index (χ2v) is 6.93. The zero-order chi connectivity index (χ0) is 11.7. The summed E-state index contributed by atoms with van der Waals surface area (Å²) in [5, 5.41) is 6.86. The number of hydrogen-bond donors (Lipinski definition) is 1. The fourth-order valence-corrected chi connectivity index (χ4v) is 4.17. The van der Waals surface area contributed by atoms with E-state index in [1.807, 2.05) is 11.3 Å². The highest BCUT2D eigenvalue weighted by Crippen LogP contribution is 2.33. The lowest BCUT2D eigenvalue weighted by atomic mass is 9.94. The van der Waals surface area contributed by atoms with Crippen LogP contribution >= 0.6 is 34.3 Å². The molecule has 0 saturated heterocycles. The highest BCUT2D eigenvalue weighted by atomic mass is 35.5. The molecule has 1 unspecified atom stereocenters. The number of halogens is 1. The molecule has 2 nitrogen and oxygen atoms in total. The van der Waals surface area contributed by atoms with Crippen LogP contribution in [0, 0.1) is 0 Å². The van der Waals surface area contributed by atoms with Gasteiger partial charge in [0.2, 0.25) is 0 Å². The van der Waals surface area contributed by atoms with Gasteiger partial charge >= 0.3 is 0 Å². The predicted octanol–water partition coefficient (Wildman–Crippen LogP) is 4.03. The number of nitrogens with zero attached hydrogens (tertiary/aromatic N) is 1. The van der Waals surface area contributed by atoms with Crippen molar-refractivity contribution in [2.45, 2.75) is 31.8 Å². The Balaban J connectivity index is 1.67. The topological polar surface area (TPSA) is 24.9 Å². The lowest BCUT2D eigenvalue weighted by Gasteiger charge is -2.23. The minimum atomic E-state index is 0.493. The Morgan fingerprint density at radius 3 is 3.29 bits per heavy atom. The Bertz CT molecular complexity index is 506. The third-order valence-corrected chi connectivity index (χ3v) is 5.19. The van der Waals surface area contributed by atoms with Crippen LogP contribution in [0.1, 0.15) is 34.3 Å². The van der Waals surface area contributed by atoms with Crippen molar-refractivity contribution in [1.82, 2.24) is 10.3 Å². The second kappa shape index (κ2) is 5.06. The van der Waals surface area contributed by atoms with Crippen LogP contribution in [0.15, 0.2) is 17.6 Å². The SMILES string of the molecule is Clc1cnc(CNC2CCCc3sccc32)s1. The molecule has 1 N–H and O–H groups in total. The average molecular weight is 285 g/mol. The summed E-state index contributed by atoms with van der Waals surface area (Å²) >= 11 is 9.31. The number of nitrogens with one attached hydrogen (secondary N) is 1. The maximum absolute atomic E-state index is 5.88. The molecule has 2 aromatic rings. The molecule has 0 radical (unpaired) electrons. The number of aromatic nitrogens is 1. The molecule has 0 aromatic carbocycles. The Kier molecular flexibility index (Phi) is 3.47. The molecule has 0 spiro atoms. The molecule has 0 aliphatic heterocycles. The lowest BCUT2D eigenvalue weighted by Crippen LogP contribution is -2.23. The zero-order valence-electron chi connectivity index (χ0n) is 9.28. The van der Waals surface area contributed by atoms with Crippen LogP contribution in [0.25, 0.3) is 0 Å². The van der Waals surface area contributed by atoms with Crippen LogP contribution < -0.4 is 5.32 Å².